The third kappa shape index (κ3) is 2.85. The fraction of sp³-hybridized carbons (Fsp3) is 0.833. The summed E-state index contributed by atoms with van der Waals surface area (Å²) >= 11 is 0. The third-order valence-corrected chi connectivity index (χ3v) is 5.98. The van der Waals surface area contributed by atoms with Gasteiger partial charge < -0.3 is 14.6 Å². The molecule has 1 aromatic heterocycles. The van der Waals surface area contributed by atoms with Gasteiger partial charge in [-0.2, -0.15) is 5.10 Å². The second-order valence-electron chi connectivity index (χ2n) is 7.12. The van der Waals surface area contributed by atoms with E-state index in [2.05, 4.69) is 16.9 Å². The van der Waals surface area contributed by atoms with Crippen LogP contribution in [0.1, 0.15) is 44.4 Å². The van der Waals surface area contributed by atoms with Crippen molar-refractivity contribution in [1.82, 2.24) is 14.7 Å². The maximum atomic E-state index is 10.3. The van der Waals surface area contributed by atoms with Gasteiger partial charge in [-0.25, -0.2) is 4.68 Å². The molecule has 1 saturated heterocycles. The Hall–Kier alpha value is -1.11. The fourth-order valence-electron chi connectivity index (χ4n) is 4.47. The molecule has 6 heteroatoms. The number of hydrogen-bond acceptors (Lipinski definition) is 5. The summed E-state index contributed by atoms with van der Waals surface area (Å²) in [6.07, 6.45) is 3.75. The number of likely N-dealkylation sites (tertiary alicyclic amines) is 1. The minimum Gasteiger partial charge on any atom is -0.481 e. The fourth-order valence-corrected chi connectivity index (χ4v) is 4.47. The average molecular weight is 337 g/mol. The van der Waals surface area contributed by atoms with Gasteiger partial charge in [0, 0.05) is 32.0 Å². The molecular weight excluding hydrogens is 306 g/mol. The Morgan fingerprint density at radius 3 is 2.54 bits per heavy atom. The van der Waals surface area contributed by atoms with Gasteiger partial charge in [-0.15, -0.1) is 0 Å². The number of hydrogen-bond donors (Lipinski definition) is 1. The van der Waals surface area contributed by atoms with Crippen molar-refractivity contribution in [2.45, 2.75) is 58.3 Å². The number of rotatable bonds is 6. The zero-order valence-electron chi connectivity index (χ0n) is 15.4. The van der Waals surface area contributed by atoms with Gasteiger partial charge in [-0.1, -0.05) is 6.92 Å². The van der Waals surface area contributed by atoms with Crippen molar-refractivity contribution in [3.63, 3.8) is 0 Å². The summed E-state index contributed by atoms with van der Waals surface area (Å²) in [5.41, 5.74) is 2.30. The number of aliphatic hydroxyl groups excluding tert-OH is 1. The van der Waals surface area contributed by atoms with Gasteiger partial charge in [0.05, 0.1) is 30.6 Å². The van der Waals surface area contributed by atoms with Crippen LogP contribution in [0.25, 0.3) is 0 Å². The van der Waals surface area contributed by atoms with Gasteiger partial charge in [0.15, 0.2) is 0 Å². The van der Waals surface area contributed by atoms with Gasteiger partial charge in [0.2, 0.25) is 5.88 Å². The first-order valence-electron chi connectivity index (χ1n) is 9.16. The van der Waals surface area contributed by atoms with Crippen molar-refractivity contribution >= 4 is 0 Å². The van der Waals surface area contributed by atoms with Crippen LogP contribution in [0.2, 0.25) is 0 Å². The largest absolute Gasteiger partial charge is 0.481 e. The Morgan fingerprint density at radius 1 is 1.29 bits per heavy atom. The molecule has 2 fully saturated rings. The third-order valence-electron chi connectivity index (χ3n) is 5.98. The van der Waals surface area contributed by atoms with E-state index in [-0.39, 0.29) is 17.6 Å². The van der Waals surface area contributed by atoms with Crippen LogP contribution in [0.15, 0.2) is 0 Å². The van der Waals surface area contributed by atoms with Gasteiger partial charge >= 0.3 is 0 Å². The van der Waals surface area contributed by atoms with Crippen molar-refractivity contribution < 1.29 is 14.6 Å². The molecule has 24 heavy (non-hydrogen) atoms. The average Bonchev–Trinajstić information content (AvgIpc) is 2.90. The molecule has 6 nitrogen and oxygen atoms in total. The van der Waals surface area contributed by atoms with Crippen LogP contribution in [0.4, 0.5) is 0 Å². The van der Waals surface area contributed by atoms with Crippen molar-refractivity contribution in [2.24, 2.45) is 12.5 Å². The molecular formula is C18H31N3O3. The summed E-state index contributed by atoms with van der Waals surface area (Å²) < 4.78 is 13.2. The maximum Gasteiger partial charge on any atom is 0.216 e. The second-order valence-corrected chi connectivity index (χ2v) is 7.12. The molecule has 1 spiro atoms. The minimum atomic E-state index is -0.199. The predicted octanol–water partition coefficient (Wildman–Crippen LogP) is 1.74. The summed E-state index contributed by atoms with van der Waals surface area (Å²) in [6.45, 7) is 7.74. The van der Waals surface area contributed by atoms with Crippen molar-refractivity contribution in [1.29, 1.82) is 0 Å². The Balaban J connectivity index is 1.66. The molecule has 0 aromatic carbocycles. The van der Waals surface area contributed by atoms with Crippen LogP contribution in [-0.4, -0.2) is 58.8 Å². The minimum absolute atomic E-state index is 0.0148. The monoisotopic (exact) mass is 337 g/mol. The summed E-state index contributed by atoms with van der Waals surface area (Å²) in [4.78, 5) is 2.46. The number of aryl methyl sites for hydroxylation is 2. The number of nitrogens with zero attached hydrogens (tertiary/aromatic N) is 3. The van der Waals surface area contributed by atoms with E-state index in [1.165, 1.54) is 5.56 Å². The summed E-state index contributed by atoms with van der Waals surface area (Å²) in [5.74, 6) is 0.864. The lowest BCUT2D eigenvalue weighted by Crippen LogP contribution is -2.62. The molecule has 2 heterocycles. The summed E-state index contributed by atoms with van der Waals surface area (Å²) in [7, 11) is 3.65. The van der Waals surface area contributed by atoms with Crippen LogP contribution in [0, 0.1) is 5.41 Å². The highest BCUT2D eigenvalue weighted by Crippen LogP contribution is 2.51. The summed E-state index contributed by atoms with van der Waals surface area (Å²) in [5, 5.41) is 14.9. The molecule has 2 unspecified atom stereocenters. The highest BCUT2D eigenvalue weighted by atomic mass is 16.5. The zero-order chi connectivity index (χ0) is 17.3. The van der Waals surface area contributed by atoms with Crippen molar-refractivity contribution in [3.05, 3.63) is 11.3 Å². The first kappa shape index (κ1) is 17.7. The SMILES string of the molecule is CCOC1CC(O)C12CCN(Cc1c(CC)nn(C)c1OC)CC2. The quantitative estimate of drug-likeness (QED) is 0.857. The Kier molecular flexibility index (Phi) is 5.18. The Morgan fingerprint density at radius 2 is 2.00 bits per heavy atom. The molecule has 3 rings (SSSR count). The molecule has 136 valence electrons. The van der Waals surface area contributed by atoms with E-state index >= 15 is 0 Å². The van der Waals surface area contributed by atoms with Crippen LogP contribution >= 0.6 is 0 Å². The zero-order valence-corrected chi connectivity index (χ0v) is 15.4. The molecule has 1 aliphatic carbocycles. The number of methoxy groups -OCH3 is 1. The topological polar surface area (TPSA) is 59.8 Å². The van der Waals surface area contributed by atoms with Gasteiger partial charge in [-0.05, 0) is 39.3 Å². The lowest BCUT2D eigenvalue weighted by atomic mass is 9.58. The molecule has 0 radical (unpaired) electrons. The van der Waals surface area contributed by atoms with E-state index in [1.54, 1.807) is 7.11 Å². The number of piperidine rings is 1. The maximum absolute atomic E-state index is 10.3. The standard InChI is InChI=1S/C18H31N3O3/c1-5-14-13(17(23-4)20(3)19-14)12-21-9-7-18(8-10-21)15(22)11-16(18)24-6-2/h15-16,22H,5-12H2,1-4H3. The molecule has 2 atom stereocenters. The molecule has 1 aromatic rings. The predicted molar refractivity (Wildman–Crippen MR) is 92.1 cm³/mol. The van der Waals surface area contributed by atoms with Crippen LogP contribution in [0.3, 0.4) is 0 Å². The van der Waals surface area contributed by atoms with Crippen molar-refractivity contribution in [2.75, 3.05) is 26.8 Å². The molecule has 0 bridgehead atoms. The molecule has 2 aliphatic rings. The Labute approximate surface area is 144 Å². The van der Waals surface area contributed by atoms with Crippen LogP contribution < -0.4 is 4.74 Å². The Bertz CT molecular complexity index is 562. The van der Waals surface area contributed by atoms with Crippen LogP contribution in [0.5, 0.6) is 5.88 Å². The normalized spacial score (nSPS) is 26.5. The van der Waals surface area contributed by atoms with E-state index in [0.29, 0.717) is 0 Å². The smallest absolute Gasteiger partial charge is 0.216 e. The molecule has 0 amide bonds. The highest BCUT2D eigenvalue weighted by Gasteiger charge is 2.55. The number of aliphatic hydroxyl groups is 1. The van der Waals surface area contributed by atoms with Gasteiger partial charge in [0.1, 0.15) is 0 Å². The van der Waals surface area contributed by atoms with Crippen LogP contribution in [-0.2, 0) is 24.8 Å². The van der Waals surface area contributed by atoms with Gasteiger partial charge in [-0.3, -0.25) is 4.90 Å². The van der Waals surface area contributed by atoms with E-state index in [4.69, 9.17) is 9.47 Å². The lowest BCUT2D eigenvalue weighted by Gasteiger charge is -2.56. The summed E-state index contributed by atoms with van der Waals surface area (Å²) in [6, 6.07) is 0. The lowest BCUT2D eigenvalue weighted by molar-refractivity contribution is -0.209. The van der Waals surface area contributed by atoms with E-state index in [1.807, 2.05) is 18.7 Å². The van der Waals surface area contributed by atoms with Gasteiger partial charge in [0.25, 0.3) is 0 Å². The van der Waals surface area contributed by atoms with E-state index in [9.17, 15) is 5.11 Å². The first-order valence-corrected chi connectivity index (χ1v) is 9.16. The van der Waals surface area contributed by atoms with Crippen molar-refractivity contribution in [3.8, 4) is 5.88 Å². The highest BCUT2D eigenvalue weighted by molar-refractivity contribution is 5.32. The number of ether oxygens (including phenoxy) is 2. The molecule has 1 aliphatic heterocycles. The molecule has 1 saturated carbocycles. The van der Waals surface area contributed by atoms with E-state index in [0.717, 1.165) is 63.5 Å². The van der Waals surface area contributed by atoms with E-state index < -0.39 is 0 Å². The molecule has 1 N–H and O–H groups in total. The second kappa shape index (κ2) is 7.02. The number of aromatic nitrogens is 2. The first-order chi connectivity index (χ1) is 11.6.